The van der Waals surface area contributed by atoms with E-state index in [1.807, 2.05) is 50.3 Å². The Morgan fingerprint density at radius 3 is 2.92 bits per heavy atom. The summed E-state index contributed by atoms with van der Waals surface area (Å²) in [7, 11) is 3.83. The summed E-state index contributed by atoms with van der Waals surface area (Å²) in [4.78, 5) is 23.6. The zero-order chi connectivity index (χ0) is 17.1. The molecule has 1 unspecified atom stereocenters. The van der Waals surface area contributed by atoms with Crippen molar-refractivity contribution in [2.75, 3.05) is 14.1 Å². The second kappa shape index (κ2) is 7.09. The minimum atomic E-state index is -0.320. The molecule has 1 aromatic carbocycles. The predicted octanol–water partition coefficient (Wildman–Crippen LogP) is 2.19. The summed E-state index contributed by atoms with van der Waals surface area (Å²) in [6.45, 7) is 2.40. The zero-order valence-electron chi connectivity index (χ0n) is 14.5. The van der Waals surface area contributed by atoms with Gasteiger partial charge in [0, 0.05) is 11.9 Å². The molecule has 5 heteroatoms. The third-order valence-electron chi connectivity index (χ3n) is 4.41. The van der Waals surface area contributed by atoms with Gasteiger partial charge in [0.25, 0.3) is 0 Å². The number of aromatic nitrogens is 2. The molecule has 1 amide bonds. The van der Waals surface area contributed by atoms with Crippen molar-refractivity contribution >= 4 is 5.91 Å². The molecule has 2 aromatic rings. The molecule has 1 aliphatic rings. The summed E-state index contributed by atoms with van der Waals surface area (Å²) >= 11 is 0. The van der Waals surface area contributed by atoms with Gasteiger partial charge in [-0.05, 0) is 51.4 Å². The number of hydrogen-bond acceptors (Lipinski definition) is 4. The molecule has 1 aliphatic carbocycles. The van der Waals surface area contributed by atoms with Gasteiger partial charge in [-0.1, -0.05) is 29.8 Å². The van der Waals surface area contributed by atoms with E-state index in [2.05, 4.69) is 21.4 Å². The molecule has 126 valence electrons. The minimum Gasteiger partial charge on any atom is -0.347 e. The molecule has 1 heterocycles. The van der Waals surface area contributed by atoms with Crippen LogP contribution in [-0.4, -0.2) is 34.9 Å². The lowest BCUT2D eigenvalue weighted by Crippen LogP contribution is -2.37. The van der Waals surface area contributed by atoms with Crippen LogP contribution in [0.5, 0.6) is 0 Å². The van der Waals surface area contributed by atoms with Crippen LogP contribution in [0.15, 0.2) is 30.5 Å². The Morgan fingerprint density at radius 1 is 1.33 bits per heavy atom. The third kappa shape index (κ3) is 3.62. The number of aryl methyl sites for hydroxylation is 3. The van der Waals surface area contributed by atoms with Gasteiger partial charge in [-0.25, -0.2) is 9.97 Å². The summed E-state index contributed by atoms with van der Waals surface area (Å²) < 4.78 is 0. The van der Waals surface area contributed by atoms with Gasteiger partial charge in [-0.3, -0.25) is 9.69 Å². The highest BCUT2D eigenvalue weighted by molar-refractivity contribution is 5.83. The Morgan fingerprint density at radius 2 is 2.17 bits per heavy atom. The van der Waals surface area contributed by atoms with Crippen molar-refractivity contribution in [2.24, 2.45) is 0 Å². The number of rotatable bonds is 5. The van der Waals surface area contributed by atoms with E-state index < -0.39 is 0 Å². The predicted molar refractivity (Wildman–Crippen MR) is 93.5 cm³/mol. The molecule has 5 nitrogen and oxygen atoms in total. The summed E-state index contributed by atoms with van der Waals surface area (Å²) in [5, 5.41) is 2.98. The van der Waals surface area contributed by atoms with Gasteiger partial charge >= 0.3 is 0 Å². The molecule has 0 saturated carbocycles. The zero-order valence-corrected chi connectivity index (χ0v) is 14.5. The van der Waals surface area contributed by atoms with E-state index in [-0.39, 0.29) is 11.9 Å². The fourth-order valence-electron chi connectivity index (χ4n) is 3.23. The molecular weight excluding hydrogens is 300 g/mol. The molecule has 0 radical (unpaired) electrons. The summed E-state index contributed by atoms with van der Waals surface area (Å²) in [5.41, 5.74) is 4.52. The summed E-state index contributed by atoms with van der Waals surface area (Å²) in [6, 6.07) is 7.74. The van der Waals surface area contributed by atoms with E-state index in [0.29, 0.717) is 12.4 Å². The van der Waals surface area contributed by atoms with E-state index in [1.165, 1.54) is 5.56 Å². The number of fused-ring (bicyclic) bond motifs is 1. The number of carbonyl (C=O) groups excluding carboxylic acids is 1. The maximum atomic E-state index is 12.7. The Kier molecular flexibility index (Phi) is 4.90. The summed E-state index contributed by atoms with van der Waals surface area (Å²) in [5.74, 6) is 0.653. The van der Waals surface area contributed by atoms with Crippen LogP contribution in [0, 0.1) is 6.92 Å². The van der Waals surface area contributed by atoms with Gasteiger partial charge in [0.1, 0.15) is 11.9 Å². The number of hydrogen-bond donors (Lipinski definition) is 1. The maximum absolute atomic E-state index is 12.7. The molecule has 3 rings (SSSR count). The lowest BCUT2D eigenvalue weighted by molar-refractivity contribution is -0.126. The second-order valence-electron chi connectivity index (χ2n) is 6.61. The Balaban J connectivity index is 1.70. The number of likely N-dealkylation sites (N-methyl/N-ethyl adjacent to an activating group) is 1. The highest BCUT2D eigenvalue weighted by Crippen LogP contribution is 2.20. The van der Waals surface area contributed by atoms with E-state index in [0.717, 1.165) is 36.1 Å². The highest BCUT2D eigenvalue weighted by atomic mass is 16.2. The lowest BCUT2D eigenvalue weighted by atomic mass is 10.0. The van der Waals surface area contributed by atoms with Crippen LogP contribution in [-0.2, 0) is 24.2 Å². The van der Waals surface area contributed by atoms with Crippen molar-refractivity contribution in [3.05, 3.63) is 58.7 Å². The van der Waals surface area contributed by atoms with Gasteiger partial charge in [0.15, 0.2) is 0 Å². The van der Waals surface area contributed by atoms with E-state index in [4.69, 9.17) is 0 Å². The van der Waals surface area contributed by atoms with Crippen molar-refractivity contribution in [2.45, 2.75) is 38.8 Å². The van der Waals surface area contributed by atoms with Crippen molar-refractivity contribution < 1.29 is 4.79 Å². The molecule has 0 aliphatic heterocycles. The van der Waals surface area contributed by atoms with Crippen molar-refractivity contribution in [3.63, 3.8) is 0 Å². The molecule has 1 N–H and O–H groups in total. The Bertz CT molecular complexity index is 742. The van der Waals surface area contributed by atoms with Gasteiger partial charge in [0.2, 0.25) is 5.91 Å². The number of nitrogens with one attached hydrogen (secondary N) is 1. The molecule has 24 heavy (non-hydrogen) atoms. The fourth-order valence-corrected chi connectivity index (χ4v) is 3.23. The number of amides is 1. The van der Waals surface area contributed by atoms with Crippen molar-refractivity contribution in [3.8, 4) is 0 Å². The van der Waals surface area contributed by atoms with Crippen LogP contribution >= 0.6 is 0 Å². The van der Waals surface area contributed by atoms with Crippen LogP contribution < -0.4 is 5.32 Å². The first-order chi connectivity index (χ1) is 11.5. The quantitative estimate of drug-likeness (QED) is 0.916. The molecule has 0 fully saturated rings. The molecule has 0 spiro atoms. The Labute approximate surface area is 143 Å². The minimum absolute atomic E-state index is 0.0327. The van der Waals surface area contributed by atoms with E-state index in [9.17, 15) is 4.79 Å². The molecule has 1 aromatic heterocycles. The maximum Gasteiger partial charge on any atom is 0.242 e. The highest BCUT2D eigenvalue weighted by Gasteiger charge is 2.23. The van der Waals surface area contributed by atoms with Crippen LogP contribution in [0.25, 0.3) is 0 Å². The van der Waals surface area contributed by atoms with Gasteiger partial charge in [-0.15, -0.1) is 0 Å². The first kappa shape index (κ1) is 16.6. The SMILES string of the molecule is Cc1cccc(C(C(=O)NCc2ncc3c(n2)CCC3)N(C)C)c1. The third-order valence-corrected chi connectivity index (χ3v) is 4.41. The van der Waals surface area contributed by atoms with Crippen molar-refractivity contribution in [1.82, 2.24) is 20.2 Å². The topological polar surface area (TPSA) is 58.1 Å². The second-order valence-corrected chi connectivity index (χ2v) is 6.61. The first-order valence-corrected chi connectivity index (χ1v) is 8.39. The first-order valence-electron chi connectivity index (χ1n) is 8.39. The number of benzene rings is 1. The largest absolute Gasteiger partial charge is 0.347 e. The van der Waals surface area contributed by atoms with Crippen molar-refractivity contribution in [1.29, 1.82) is 0 Å². The van der Waals surface area contributed by atoms with E-state index >= 15 is 0 Å². The Hall–Kier alpha value is -2.27. The standard InChI is InChI=1S/C19H24N4O/c1-13-6-4-7-14(10-13)18(23(2)3)19(24)21-12-17-20-11-15-8-5-9-16(15)22-17/h4,6-7,10-11,18H,5,8-9,12H2,1-3H3,(H,21,24). The van der Waals surface area contributed by atoms with E-state index in [1.54, 1.807) is 0 Å². The van der Waals surface area contributed by atoms with Crippen LogP contribution in [0.1, 0.15) is 40.7 Å². The van der Waals surface area contributed by atoms with Gasteiger partial charge in [-0.2, -0.15) is 0 Å². The monoisotopic (exact) mass is 324 g/mol. The summed E-state index contributed by atoms with van der Waals surface area (Å²) in [6.07, 6.45) is 5.14. The smallest absolute Gasteiger partial charge is 0.242 e. The van der Waals surface area contributed by atoms with Crippen LogP contribution in [0.3, 0.4) is 0 Å². The average molecular weight is 324 g/mol. The van der Waals surface area contributed by atoms with Gasteiger partial charge in [0.05, 0.1) is 6.54 Å². The fraction of sp³-hybridized carbons (Fsp3) is 0.421. The molecule has 0 saturated heterocycles. The normalized spacial score (nSPS) is 14.5. The molecule has 0 bridgehead atoms. The lowest BCUT2D eigenvalue weighted by Gasteiger charge is -2.24. The average Bonchev–Trinajstić information content (AvgIpc) is 3.00. The molecule has 1 atom stereocenters. The number of nitrogens with zero attached hydrogens (tertiary/aromatic N) is 3. The number of carbonyl (C=O) groups is 1. The van der Waals surface area contributed by atoms with Crippen LogP contribution in [0.4, 0.5) is 0 Å². The molecular formula is C19H24N4O. The van der Waals surface area contributed by atoms with Gasteiger partial charge < -0.3 is 5.32 Å². The van der Waals surface area contributed by atoms with Crippen LogP contribution in [0.2, 0.25) is 0 Å².